The Morgan fingerprint density at radius 3 is 0.905 bits per heavy atom. The molecule has 0 nitrogen and oxygen atoms in total. The first-order valence-electron chi connectivity index (χ1n) is 29.3. The Morgan fingerprint density at radius 2 is 0.429 bits per heavy atom. The third-order valence-corrected chi connectivity index (χ3v) is 18.5. The van der Waals surface area contributed by atoms with Gasteiger partial charge in [0.05, 0.1) is 0 Å². The molecular formula is C84H50. The van der Waals surface area contributed by atoms with Crippen molar-refractivity contribution in [2.45, 2.75) is 0 Å². The Labute approximate surface area is 487 Å². The molecule has 0 heteroatoms. The summed E-state index contributed by atoms with van der Waals surface area (Å²) < 4.78 is 0. The van der Waals surface area contributed by atoms with E-state index in [4.69, 9.17) is 0 Å². The van der Waals surface area contributed by atoms with E-state index < -0.39 is 0 Å². The van der Waals surface area contributed by atoms with Crippen LogP contribution in [-0.2, 0) is 0 Å². The van der Waals surface area contributed by atoms with Crippen molar-refractivity contribution in [1.29, 1.82) is 0 Å². The zero-order valence-corrected chi connectivity index (χ0v) is 45.9. The second-order valence-electron chi connectivity index (χ2n) is 22.9. The molecule has 84 heavy (non-hydrogen) atoms. The minimum Gasteiger partial charge on any atom is -0.0622 e. The predicted octanol–water partition coefficient (Wildman–Crippen LogP) is 23.6. The average molecular weight is 1060 g/mol. The molecule has 16 aromatic carbocycles. The summed E-state index contributed by atoms with van der Waals surface area (Å²) in [6, 6.07) is 114. The summed E-state index contributed by atoms with van der Waals surface area (Å²) in [6.45, 7) is 0. The Kier molecular flexibility index (Phi) is 10.2. The number of rotatable bonds is 7. The topological polar surface area (TPSA) is 0 Å². The highest BCUT2D eigenvalue weighted by Crippen LogP contribution is 2.56. The summed E-state index contributed by atoms with van der Waals surface area (Å²) in [5.41, 5.74) is 27.6. The van der Waals surface area contributed by atoms with E-state index >= 15 is 0 Å². The van der Waals surface area contributed by atoms with Crippen LogP contribution in [0.25, 0.3) is 187 Å². The molecule has 0 radical (unpaired) electrons. The molecule has 0 unspecified atom stereocenters. The predicted molar refractivity (Wildman–Crippen MR) is 358 cm³/mol. The molecule has 0 saturated heterocycles. The van der Waals surface area contributed by atoms with Crippen LogP contribution in [0.2, 0.25) is 0 Å². The highest BCUT2D eigenvalue weighted by atomic mass is 14.3. The first kappa shape index (κ1) is 46.8. The van der Waals surface area contributed by atoms with Crippen LogP contribution in [0, 0.1) is 0 Å². The normalized spacial score (nSPS) is 12.0. The number of hydrogen-bond acceptors (Lipinski definition) is 0. The summed E-state index contributed by atoms with van der Waals surface area (Å²) in [5, 5.41) is 15.4. The van der Waals surface area contributed by atoms with Gasteiger partial charge in [0.1, 0.15) is 0 Å². The van der Waals surface area contributed by atoms with Crippen LogP contribution >= 0.6 is 0 Å². The van der Waals surface area contributed by atoms with Gasteiger partial charge in [-0.25, -0.2) is 0 Å². The second kappa shape index (κ2) is 18.3. The largest absolute Gasteiger partial charge is 0.0622 e. The molecule has 0 aliphatic heterocycles. The van der Waals surface area contributed by atoms with Crippen LogP contribution in [0.5, 0.6) is 0 Å². The quantitative estimate of drug-likeness (QED) is 0.140. The monoisotopic (exact) mass is 1060 g/mol. The lowest BCUT2D eigenvalue weighted by Gasteiger charge is -2.18. The molecule has 0 fully saturated rings. The molecule has 18 rings (SSSR count). The maximum atomic E-state index is 2.50. The van der Waals surface area contributed by atoms with Crippen molar-refractivity contribution in [2.75, 3.05) is 0 Å². The van der Waals surface area contributed by atoms with Crippen LogP contribution in [0.3, 0.4) is 0 Å². The van der Waals surface area contributed by atoms with Crippen molar-refractivity contribution in [3.63, 3.8) is 0 Å². The van der Waals surface area contributed by atoms with Gasteiger partial charge in [-0.05, 0) is 229 Å². The van der Waals surface area contributed by atoms with Gasteiger partial charge < -0.3 is 0 Å². The molecule has 0 heterocycles. The summed E-state index contributed by atoms with van der Waals surface area (Å²) in [5.74, 6) is 0. The Hall–Kier alpha value is -10.9. The van der Waals surface area contributed by atoms with Crippen molar-refractivity contribution in [3.8, 4) is 122 Å². The minimum atomic E-state index is 1.18. The van der Waals surface area contributed by atoms with E-state index in [9.17, 15) is 0 Å². The van der Waals surface area contributed by atoms with Crippen LogP contribution in [-0.4, -0.2) is 0 Å². The fraction of sp³-hybridized carbons (Fsp3) is 0. The van der Waals surface area contributed by atoms with E-state index in [1.807, 2.05) is 0 Å². The molecule has 0 bridgehead atoms. The zero-order chi connectivity index (χ0) is 55.0. The third-order valence-electron chi connectivity index (χ3n) is 18.5. The van der Waals surface area contributed by atoms with Gasteiger partial charge in [0, 0.05) is 0 Å². The lowest BCUT2D eigenvalue weighted by molar-refractivity contribution is 1.60. The zero-order valence-electron chi connectivity index (χ0n) is 45.9. The number of fused-ring (bicyclic) bond motifs is 14. The lowest BCUT2D eigenvalue weighted by atomic mass is 9.86. The van der Waals surface area contributed by atoms with Gasteiger partial charge in [0.2, 0.25) is 0 Å². The molecule has 0 N–H and O–H groups in total. The smallest absolute Gasteiger partial charge is 0.00137 e. The fourth-order valence-electron chi connectivity index (χ4n) is 14.7. The molecule has 0 atom stereocenters. The van der Waals surface area contributed by atoms with Gasteiger partial charge in [0.25, 0.3) is 0 Å². The van der Waals surface area contributed by atoms with E-state index in [2.05, 4.69) is 303 Å². The van der Waals surface area contributed by atoms with Crippen LogP contribution < -0.4 is 0 Å². The summed E-state index contributed by atoms with van der Waals surface area (Å²) in [7, 11) is 0. The van der Waals surface area contributed by atoms with Crippen molar-refractivity contribution in [2.24, 2.45) is 0 Å². The molecule has 0 aromatic heterocycles. The standard InChI is InChI=1S/C84H50/c1-5-18-51(19-6-1)58-36-38-65-73(45-58)71(47-77-69-42-40-61(54-22-9-3-10-23-54)81-67-30-15-13-28-63(67)79(83(69)81)49-75(65)77)56-34-32-53(33-35-56)57-26-17-27-60(44-57)72-48-78-70-43-41-62(55-24-11-4-12-25-55)82-68-31-16-14-29-64(68)80(84(70)82)50-76(78)66-39-37-59(46-74(66)72)52-20-7-2-8-21-52/h1-50H. The molecule has 2 aliphatic carbocycles. The van der Waals surface area contributed by atoms with Crippen LogP contribution in [0.15, 0.2) is 303 Å². The molecular weight excluding hydrogens is 1010 g/mol. The van der Waals surface area contributed by atoms with Crippen molar-refractivity contribution in [1.82, 2.24) is 0 Å². The first-order chi connectivity index (χ1) is 41.7. The molecule has 386 valence electrons. The van der Waals surface area contributed by atoms with Gasteiger partial charge in [-0.3, -0.25) is 0 Å². The van der Waals surface area contributed by atoms with Gasteiger partial charge in [0.15, 0.2) is 0 Å². The van der Waals surface area contributed by atoms with Crippen molar-refractivity contribution < 1.29 is 0 Å². The van der Waals surface area contributed by atoms with Crippen LogP contribution in [0.1, 0.15) is 0 Å². The molecule has 2 aliphatic rings. The lowest BCUT2D eigenvalue weighted by Crippen LogP contribution is -1.90. The van der Waals surface area contributed by atoms with E-state index in [0.717, 1.165) is 0 Å². The number of hydrogen-bond donors (Lipinski definition) is 0. The van der Waals surface area contributed by atoms with Gasteiger partial charge in [-0.1, -0.05) is 261 Å². The Bertz CT molecular complexity index is 5420. The molecule has 16 aromatic rings. The van der Waals surface area contributed by atoms with Gasteiger partial charge in [-0.2, -0.15) is 0 Å². The van der Waals surface area contributed by atoms with Crippen molar-refractivity contribution >= 4 is 64.6 Å². The maximum absolute atomic E-state index is 2.50. The highest BCUT2D eigenvalue weighted by Gasteiger charge is 2.29. The molecule has 0 spiro atoms. The average Bonchev–Trinajstić information content (AvgIpc) is 2.08. The van der Waals surface area contributed by atoms with Gasteiger partial charge in [-0.15, -0.1) is 0 Å². The number of benzene rings is 16. The van der Waals surface area contributed by atoms with E-state index in [1.54, 1.807) is 0 Å². The summed E-state index contributed by atoms with van der Waals surface area (Å²) >= 11 is 0. The SMILES string of the molecule is c1ccc(-c2ccc3c(c2)c(-c2ccc(-c4cccc(-c5cc6c7ccc(-c8ccccc8)c8c7c(cc6c6ccc(-c7ccccc7)cc56)-c5ccccc5-8)c4)cc2)cc2c4ccc(-c5ccccc5)c5c4c(cc32)-c2ccccc2-5)cc1. The van der Waals surface area contributed by atoms with E-state index in [-0.39, 0.29) is 0 Å². The fourth-order valence-corrected chi connectivity index (χ4v) is 14.7. The Morgan fingerprint density at radius 1 is 0.119 bits per heavy atom. The molecule has 0 saturated carbocycles. The highest BCUT2D eigenvalue weighted by molar-refractivity contribution is 6.32. The Balaban J connectivity index is 0.815. The van der Waals surface area contributed by atoms with Crippen LogP contribution in [0.4, 0.5) is 0 Å². The maximum Gasteiger partial charge on any atom is -0.00137 e. The summed E-state index contributed by atoms with van der Waals surface area (Å²) in [4.78, 5) is 0. The summed E-state index contributed by atoms with van der Waals surface area (Å²) in [6.07, 6.45) is 0. The molecule has 0 amide bonds. The first-order valence-corrected chi connectivity index (χ1v) is 29.3. The van der Waals surface area contributed by atoms with Gasteiger partial charge >= 0.3 is 0 Å². The van der Waals surface area contributed by atoms with E-state index in [1.165, 1.54) is 187 Å². The second-order valence-corrected chi connectivity index (χ2v) is 22.9. The minimum absolute atomic E-state index is 1.18. The van der Waals surface area contributed by atoms with Crippen molar-refractivity contribution in [3.05, 3.63) is 303 Å². The third kappa shape index (κ3) is 7.01. The van der Waals surface area contributed by atoms with E-state index in [0.29, 0.717) is 0 Å².